The average Bonchev–Trinajstić information content (AvgIpc) is 2.97. The second-order valence-corrected chi connectivity index (χ2v) is 6.89. The van der Waals surface area contributed by atoms with Gasteiger partial charge in [-0.25, -0.2) is 8.42 Å². The van der Waals surface area contributed by atoms with Crippen molar-refractivity contribution in [2.45, 2.75) is 17.7 Å². The summed E-state index contributed by atoms with van der Waals surface area (Å²) < 4.78 is 26.8. The first-order valence-corrected chi connectivity index (χ1v) is 8.50. The summed E-state index contributed by atoms with van der Waals surface area (Å²) in [4.78, 5) is 11.6. The normalized spacial score (nSPS) is 11.3. The molecular formula is C13H13ClN2O4S. The number of aromatic nitrogens is 1. The van der Waals surface area contributed by atoms with Crippen molar-refractivity contribution in [2.24, 2.45) is 0 Å². The predicted octanol–water partition coefficient (Wildman–Crippen LogP) is 1.96. The van der Waals surface area contributed by atoms with E-state index < -0.39 is 9.05 Å². The molecule has 21 heavy (non-hydrogen) atoms. The highest BCUT2D eigenvalue weighted by molar-refractivity contribution is 8.13. The van der Waals surface area contributed by atoms with Crippen LogP contribution in [0.25, 0.3) is 0 Å². The van der Waals surface area contributed by atoms with Crippen molar-refractivity contribution < 1.29 is 17.7 Å². The summed E-state index contributed by atoms with van der Waals surface area (Å²) in [5.41, 5.74) is 1.21. The molecule has 0 aliphatic heterocycles. The van der Waals surface area contributed by atoms with Gasteiger partial charge in [-0.15, -0.1) is 0 Å². The van der Waals surface area contributed by atoms with Crippen molar-refractivity contribution in [3.63, 3.8) is 0 Å². The largest absolute Gasteiger partial charge is 0.364 e. The fourth-order valence-electron chi connectivity index (χ4n) is 1.73. The Labute approximate surface area is 126 Å². The van der Waals surface area contributed by atoms with Crippen LogP contribution in [0.3, 0.4) is 0 Å². The van der Waals surface area contributed by atoms with Gasteiger partial charge in [0.1, 0.15) is 6.26 Å². The van der Waals surface area contributed by atoms with Crippen LogP contribution in [0.5, 0.6) is 0 Å². The van der Waals surface area contributed by atoms with Crippen LogP contribution in [0.2, 0.25) is 0 Å². The van der Waals surface area contributed by atoms with Gasteiger partial charge in [-0.1, -0.05) is 17.3 Å². The van der Waals surface area contributed by atoms with E-state index in [1.165, 1.54) is 24.5 Å². The standard InChI is InChI=1S/C13H13ClN2O4S/c14-21(18,19)11-5-3-10(4-6-11)2-1-8-15-13(17)12-7-9-20-16-12/h3-7,9H,1-2,8H2,(H,15,17). The van der Waals surface area contributed by atoms with Gasteiger partial charge >= 0.3 is 0 Å². The molecular weight excluding hydrogens is 316 g/mol. The van der Waals surface area contributed by atoms with Crippen LogP contribution in [0, 0.1) is 0 Å². The Balaban J connectivity index is 1.78. The van der Waals surface area contributed by atoms with Crippen molar-refractivity contribution in [3.8, 4) is 0 Å². The first-order valence-electron chi connectivity index (χ1n) is 6.19. The molecule has 0 saturated carbocycles. The van der Waals surface area contributed by atoms with E-state index >= 15 is 0 Å². The van der Waals surface area contributed by atoms with Crippen molar-refractivity contribution >= 4 is 25.6 Å². The molecule has 0 fully saturated rings. The Morgan fingerprint density at radius 3 is 2.52 bits per heavy atom. The summed E-state index contributed by atoms with van der Waals surface area (Å²) in [6, 6.07) is 7.82. The molecule has 2 aromatic rings. The first-order chi connectivity index (χ1) is 9.97. The van der Waals surface area contributed by atoms with E-state index in [4.69, 9.17) is 10.7 Å². The maximum absolute atomic E-state index is 11.6. The van der Waals surface area contributed by atoms with Crippen LogP contribution < -0.4 is 5.32 Å². The molecule has 1 heterocycles. The second-order valence-electron chi connectivity index (χ2n) is 4.33. The third-order valence-corrected chi connectivity index (χ3v) is 4.17. The zero-order chi connectivity index (χ0) is 15.3. The van der Waals surface area contributed by atoms with Gasteiger partial charge in [-0.2, -0.15) is 0 Å². The molecule has 2 rings (SSSR count). The molecule has 1 N–H and O–H groups in total. The van der Waals surface area contributed by atoms with E-state index in [1.54, 1.807) is 12.1 Å². The zero-order valence-electron chi connectivity index (χ0n) is 11.0. The number of carbonyl (C=O) groups excluding carboxylic acids is 1. The topological polar surface area (TPSA) is 89.3 Å². The number of nitrogens with zero attached hydrogens (tertiary/aromatic N) is 1. The van der Waals surface area contributed by atoms with E-state index in [0.29, 0.717) is 13.0 Å². The molecule has 0 aliphatic carbocycles. The maximum Gasteiger partial charge on any atom is 0.273 e. The van der Waals surface area contributed by atoms with Gasteiger partial charge in [0, 0.05) is 23.3 Å². The van der Waals surface area contributed by atoms with E-state index in [2.05, 4.69) is 15.0 Å². The highest BCUT2D eigenvalue weighted by atomic mass is 35.7. The van der Waals surface area contributed by atoms with E-state index in [9.17, 15) is 13.2 Å². The summed E-state index contributed by atoms with van der Waals surface area (Å²) in [7, 11) is 1.55. The van der Waals surface area contributed by atoms with Gasteiger partial charge in [-0.3, -0.25) is 4.79 Å². The maximum atomic E-state index is 11.6. The fourth-order valence-corrected chi connectivity index (χ4v) is 2.50. The smallest absolute Gasteiger partial charge is 0.273 e. The molecule has 1 aromatic heterocycles. The minimum absolute atomic E-state index is 0.0762. The Kier molecular flexibility index (Phi) is 4.98. The number of rotatable bonds is 6. The summed E-state index contributed by atoms with van der Waals surface area (Å²) in [6.45, 7) is 0.487. The number of hydrogen-bond donors (Lipinski definition) is 1. The Morgan fingerprint density at radius 1 is 1.24 bits per heavy atom. The number of carbonyl (C=O) groups is 1. The van der Waals surface area contributed by atoms with Crippen LogP contribution >= 0.6 is 10.7 Å². The first kappa shape index (κ1) is 15.5. The summed E-state index contributed by atoms with van der Waals surface area (Å²) in [6.07, 6.45) is 2.76. The van der Waals surface area contributed by atoms with Gasteiger partial charge in [-0.05, 0) is 30.5 Å². The van der Waals surface area contributed by atoms with Crippen molar-refractivity contribution in [3.05, 3.63) is 47.9 Å². The van der Waals surface area contributed by atoms with Crippen LogP contribution in [-0.2, 0) is 15.5 Å². The minimum Gasteiger partial charge on any atom is -0.364 e. The lowest BCUT2D eigenvalue weighted by Crippen LogP contribution is -2.25. The fraction of sp³-hybridized carbons (Fsp3) is 0.231. The van der Waals surface area contributed by atoms with E-state index in [0.717, 1.165) is 12.0 Å². The number of aryl methyl sites for hydroxylation is 1. The van der Waals surface area contributed by atoms with E-state index in [1.807, 2.05) is 0 Å². The number of benzene rings is 1. The molecule has 8 heteroatoms. The lowest BCUT2D eigenvalue weighted by atomic mass is 10.1. The zero-order valence-corrected chi connectivity index (χ0v) is 12.5. The number of hydrogen-bond acceptors (Lipinski definition) is 5. The lowest BCUT2D eigenvalue weighted by molar-refractivity contribution is 0.0944. The molecule has 0 aliphatic rings. The Bertz CT molecular complexity index is 696. The van der Waals surface area contributed by atoms with Crippen LogP contribution in [-0.4, -0.2) is 26.0 Å². The van der Waals surface area contributed by atoms with Crippen molar-refractivity contribution in [2.75, 3.05) is 6.54 Å². The highest BCUT2D eigenvalue weighted by Gasteiger charge is 2.09. The van der Waals surface area contributed by atoms with Gasteiger partial charge in [0.05, 0.1) is 4.90 Å². The Hall–Kier alpha value is -1.86. The molecule has 6 nitrogen and oxygen atoms in total. The number of amides is 1. The quantitative estimate of drug-likeness (QED) is 0.646. The SMILES string of the molecule is O=C(NCCCc1ccc(S(=O)(=O)Cl)cc1)c1ccon1. The molecule has 1 amide bonds. The molecule has 0 radical (unpaired) electrons. The average molecular weight is 329 g/mol. The monoisotopic (exact) mass is 328 g/mol. The summed E-state index contributed by atoms with van der Waals surface area (Å²) in [5, 5.41) is 6.24. The molecule has 112 valence electrons. The summed E-state index contributed by atoms with van der Waals surface area (Å²) in [5.74, 6) is -0.285. The van der Waals surface area contributed by atoms with Crippen molar-refractivity contribution in [1.82, 2.24) is 10.5 Å². The second kappa shape index (κ2) is 6.73. The summed E-state index contributed by atoms with van der Waals surface area (Å²) >= 11 is 0. The van der Waals surface area contributed by atoms with Crippen LogP contribution in [0.1, 0.15) is 22.5 Å². The number of halogens is 1. The Morgan fingerprint density at radius 2 is 1.95 bits per heavy atom. The number of nitrogens with one attached hydrogen (secondary N) is 1. The van der Waals surface area contributed by atoms with Crippen molar-refractivity contribution in [1.29, 1.82) is 0 Å². The predicted molar refractivity (Wildman–Crippen MR) is 76.6 cm³/mol. The van der Waals surface area contributed by atoms with Crippen LogP contribution in [0.4, 0.5) is 0 Å². The van der Waals surface area contributed by atoms with E-state index in [-0.39, 0.29) is 16.5 Å². The third-order valence-electron chi connectivity index (χ3n) is 2.80. The molecule has 0 spiro atoms. The molecule has 1 aromatic carbocycles. The van der Waals surface area contributed by atoms with Crippen LogP contribution in [0.15, 0.2) is 46.0 Å². The molecule has 0 unspecified atom stereocenters. The van der Waals surface area contributed by atoms with Gasteiger partial charge in [0.2, 0.25) is 0 Å². The molecule has 0 saturated heterocycles. The highest BCUT2D eigenvalue weighted by Crippen LogP contribution is 2.15. The molecule has 0 bridgehead atoms. The third kappa shape index (κ3) is 4.57. The lowest BCUT2D eigenvalue weighted by Gasteiger charge is -2.04. The van der Waals surface area contributed by atoms with Gasteiger partial charge in [0.25, 0.3) is 15.0 Å². The van der Waals surface area contributed by atoms with Gasteiger partial charge < -0.3 is 9.84 Å². The van der Waals surface area contributed by atoms with Gasteiger partial charge in [0.15, 0.2) is 5.69 Å². The molecule has 0 atom stereocenters. The minimum atomic E-state index is -3.68.